The number of aliphatic carboxylic acids is 2. The molecule has 0 radical (unpaired) electrons. The lowest BCUT2D eigenvalue weighted by Crippen LogP contribution is -2.60. The van der Waals surface area contributed by atoms with E-state index >= 15 is 0 Å². The number of carboxylic acids is 2. The minimum atomic E-state index is -1.46. The van der Waals surface area contributed by atoms with Crippen LogP contribution in [0, 0.1) is 11.8 Å². The summed E-state index contributed by atoms with van der Waals surface area (Å²) in [5, 5.41) is 34.2. The molecule has 1 aliphatic heterocycles. The summed E-state index contributed by atoms with van der Waals surface area (Å²) in [6.07, 6.45) is 1.18. The number of unbranched alkanes of at least 4 members (excludes halogenated alkanes) is 1. The zero-order chi connectivity index (χ0) is 47.3. The maximum Gasteiger partial charge on any atom is 0.326 e. The predicted octanol–water partition coefficient (Wildman–Crippen LogP) is -2.91. The lowest BCUT2D eigenvalue weighted by molar-refractivity contribution is -0.143. The Kier molecular flexibility index (Phi) is 24.0. The average molecular weight is 883 g/mol. The molecule has 0 saturated carbocycles. The van der Waals surface area contributed by atoms with Crippen molar-refractivity contribution in [2.75, 3.05) is 19.6 Å². The Hall–Kier alpha value is -5.58. The molecule has 0 aliphatic carbocycles. The highest BCUT2D eigenvalue weighted by Gasteiger charge is 2.40. The first-order chi connectivity index (χ1) is 29.0. The van der Waals surface area contributed by atoms with Gasteiger partial charge in [0.25, 0.3) is 0 Å². The molecule has 8 atom stereocenters. The number of carbonyl (C=O) groups is 9. The van der Waals surface area contributed by atoms with Crippen molar-refractivity contribution in [1.82, 2.24) is 36.8 Å². The molecule has 1 rings (SSSR count). The monoisotopic (exact) mass is 883 g/mol. The van der Waals surface area contributed by atoms with Gasteiger partial charge in [-0.25, -0.2) is 4.79 Å². The molecule has 7 amide bonds. The number of nitrogens with zero attached hydrogens (tertiary/aromatic N) is 2. The Morgan fingerprint density at radius 1 is 0.694 bits per heavy atom. The first-order valence-corrected chi connectivity index (χ1v) is 21.1. The van der Waals surface area contributed by atoms with Gasteiger partial charge < -0.3 is 69.9 Å². The largest absolute Gasteiger partial charge is 0.481 e. The van der Waals surface area contributed by atoms with Gasteiger partial charge in [0.1, 0.15) is 42.3 Å². The van der Waals surface area contributed by atoms with Gasteiger partial charge in [-0.15, -0.1) is 0 Å². The number of guanidine groups is 1. The molecule has 0 spiro atoms. The minimum absolute atomic E-state index is 0.0678. The van der Waals surface area contributed by atoms with Crippen molar-refractivity contribution in [2.45, 2.75) is 154 Å². The summed E-state index contributed by atoms with van der Waals surface area (Å²) in [4.78, 5) is 123. The summed E-state index contributed by atoms with van der Waals surface area (Å²) in [7, 11) is 0. The Bertz CT molecular complexity index is 1590. The highest BCUT2D eigenvalue weighted by Crippen LogP contribution is 2.21. The summed E-state index contributed by atoms with van der Waals surface area (Å²) in [6, 6.07) is -9.47. The molecule has 0 bridgehead atoms. The van der Waals surface area contributed by atoms with Crippen molar-refractivity contribution in [1.29, 1.82) is 0 Å². The van der Waals surface area contributed by atoms with Crippen LogP contribution in [-0.2, 0) is 43.2 Å². The van der Waals surface area contributed by atoms with Crippen molar-refractivity contribution in [3.05, 3.63) is 0 Å². The van der Waals surface area contributed by atoms with Crippen LogP contribution in [0.15, 0.2) is 4.99 Å². The highest BCUT2D eigenvalue weighted by atomic mass is 16.4. The molecule has 0 aromatic rings. The van der Waals surface area contributed by atoms with Gasteiger partial charge in [-0.3, -0.25) is 43.3 Å². The lowest BCUT2D eigenvalue weighted by Gasteiger charge is -2.31. The lowest BCUT2D eigenvalue weighted by atomic mass is 10.00. The number of carboxylic acid groups (broad SMARTS) is 2. The Balaban J connectivity index is 3.28. The van der Waals surface area contributed by atoms with Crippen LogP contribution in [0.3, 0.4) is 0 Å². The van der Waals surface area contributed by atoms with Crippen molar-refractivity contribution in [3.63, 3.8) is 0 Å². The number of hydrogen-bond acceptors (Lipinski definition) is 12. The molecule has 0 aromatic carbocycles. The normalized spacial score (nSPS) is 17.0. The van der Waals surface area contributed by atoms with E-state index in [4.69, 9.17) is 22.9 Å². The molecule has 1 heterocycles. The van der Waals surface area contributed by atoms with E-state index in [-0.39, 0.29) is 57.1 Å². The van der Waals surface area contributed by atoms with Crippen LogP contribution in [0.2, 0.25) is 0 Å². The number of carbonyl (C=O) groups excluding carboxylic acids is 7. The Morgan fingerprint density at radius 3 is 1.82 bits per heavy atom. The molecule has 0 unspecified atom stereocenters. The quantitative estimate of drug-likeness (QED) is 0.0213. The number of rotatable bonds is 28. The topological polar surface area (TPSA) is 386 Å². The molecule has 23 heteroatoms. The van der Waals surface area contributed by atoms with Crippen LogP contribution in [0.5, 0.6) is 0 Å². The summed E-state index contributed by atoms with van der Waals surface area (Å²) in [6.45, 7) is 10.2. The fourth-order valence-corrected chi connectivity index (χ4v) is 6.55. The fourth-order valence-electron chi connectivity index (χ4n) is 6.55. The smallest absolute Gasteiger partial charge is 0.326 e. The second kappa shape index (κ2) is 27.4. The summed E-state index contributed by atoms with van der Waals surface area (Å²) in [5.41, 5.74) is 22.2. The van der Waals surface area contributed by atoms with E-state index in [1.54, 1.807) is 27.7 Å². The highest BCUT2D eigenvalue weighted by molar-refractivity contribution is 5.98. The van der Waals surface area contributed by atoms with Gasteiger partial charge in [-0.2, -0.15) is 0 Å². The maximum atomic E-state index is 14.2. The number of likely N-dealkylation sites (tertiary alicyclic amines) is 1. The third-order valence-electron chi connectivity index (χ3n) is 9.99. The summed E-state index contributed by atoms with van der Waals surface area (Å²) in [5.74, 6) is -8.36. The van der Waals surface area contributed by atoms with Crippen LogP contribution >= 0.6 is 0 Å². The number of nitrogens with one attached hydrogen (secondary N) is 6. The molecule has 16 N–H and O–H groups in total. The van der Waals surface area contributed by atoms with E-state index in [1.165, 1.54) is 18.7 Å². The van der Waals surface area contributed by atoms with Crippen molar-refractivity contribution < 1.29 is 53.4 Å². The molecule has 352 valence electrons. The van der Waals surface area contributed by atoms with E-state index in [1.807, 2.05) is 0 Å². The first-order valence-electron chi connectivity index (χ1n) is 21.1. The van der Waals surface area contributed by atoms with Gasteiger partial charge in [0.2, 0.25) is 41.4 Å². The van der Waals surface area contributed by atoms with Crippen molar-refractivity contribution in [2.24, 2.45) is 39.8 Å². The molecular formula is C39H70N12O11. The van der Waals surface area contributed by atoms with Crippen LogP contribution in [-0.4, -0.2) is 142 Å². The molecule has 62 heavy (non-hydrogen) atoms. The second-order valence-corrected chi connectivity index (χ2v) is 16.3. The van der Waals surface area contributed by atoms with Crippen molar-refractivity contribution in [3.8, 4) is 0 Å². The second-order valence-electron chi connectivity index (χ2n) is 16.3. The summed E-state index contributed by atoms with van der Waals surface area (Å²) >= 11 is 0. The summed E-state index contributed by atoms with van der Waals surface area (Å²) < 4.78 is 0. The van der Waals surface area contributed by atoms with E-state index in [0.29, 0.717) is 32.2 Å². The number of hydrogen-bond donors (Lipinski definition) is 12. The third kappa shape index (κ3) is 19.4. The number of nitrogens with two attached hydrogens (primary N) is 4. The van der Waals surface area contributed by atoms with E-state index in [0.717, 1.165) is 0 Å². The SMILES string of the molecule is CC(C)C[C@H](NC(=O)[C@H](C)NC(=O)[C@H](CCC(=O)O)NC(=O)[C@@H]1CCCN1C(=O)[C@H](CCCCN)NC(=O)[C@@H](NC(=O)[C@H](CCCN=C(N)N)NC(=O)[C@H](C)N)C(C)C)C(=O)O. The minimum Gasteiger partial charge on any atom is -0.481 e. The van der Waals surface area contributed by atoms with Crippen LogP contribution in [0.1, 0.15) is 106 Å². The van der Waals surface area contributed by atoms with Crippen LogP contribution in [0.4, 0.5) is 0 Å². The molecule has 0 aromatic heterocycles. The molecule has 23 nitrogen and oxygen atoms in total. The number of aliphatic imine (C=N–C) groups is 1. The molecule has 1 fully saturated rings. The van der Waals surface area contributed by atoms with Crippen LogP contribution < -0.4 is 54.8 Å². The Morgan fingerprint density at radius 2 is 1.27 bits per heavy atom. The molecule has 1 saturated heterocycles. The zero-order valence-corrected chi connectivity index (χ0v) is 36.7. The van der Waals surface area contributed by atoms with E-state index < -0.39 is 114 Å². The van der Waals surface area contributed by atoms with Crippen molar-refractivity contribution >= 4 is 59.2 Å². The molecule has 1 aliphatic rings. The first kappa shape index (κ1) is 54.4. The number of amides is 7. The standard InChI is InChI=1S/C39H70N12O11/c1-20(2)19-27(38(61)62)49-32(55)23(6)45-33(56)25(14-15-29(52)53)47-35(58)28-13-10-18-51(28)37(60)26(11-7-8-16-40)48-36(59)30(21(3)4)50-34(57)24(46-31(54)22(5)41)12-9-17-44-39(42)43/h20-28,30H,7-19,40-41H2,1-6H3,(H,45,56)(H,46,54)(H,47,58)(H,48,59)(H,49,55)(H,50,57)(H,52,53)(H,61,62)(H4,42,43,44)/t22-,23-,24-,25-,26-,27-,28-,30-/m0/s1. The Labute approximate surface area is 362 Å². The van der Waals surface area contributed by atoms with Gasteiger partial charge >= 0.3 is 11.9 Å². The van der Waals surface area contributed by atoms with Gasteiger partial charge in [-0.05, 0) is 90.0 Å². The van der Waals surface area contributed by atoms with E-state index in [2.05, 4.69) is 36.9 Å². The van der Waals surface area contributed by atoms with Gasteiger partial charge in [0.15, 0.2) is 5.96 Å². The third-order valence-corrected chi connectivity index (χ3v) is 9.99. The zero-order valence-electron chi connectivity index (χ0n) is 36.7. The fraction of sp³-hybridized carbons (Fsp3) is 0.744. The van der Waals surface area contributed by atoms with Crippen LogP contribution in [0.25, 0.3) is 0 Å². The van der Waals surface area contributed by atoms with E-state index in [9.17, 15) is 53.4 Å². The van der Waals surface area contributed by atoms with Gasteiger partial charge in [0.05, 0.1) is 6.04 Å². The predicted molar refractivity (Wildman–Crippen MR) is 227 cm³/mol. The van der Waals surface area contributed by atoms with Gasteiger partial charge in [0, 0.05) is 19.5 Å². The molecular weight excluding hydrogens is 813 g/mol. The average Bonchev–Trinajstić information content (AvgIpc) is 3.68. The maximum absolute atomic E-state index is 14.2. The van der Waals surface area contributed by atoms with Gasteiger partial charge in [-0.1, -0.05) is 27.7 Å².